The van der Waals surface area contributed by atoms with Crippen LogP contribution in [-0.2, 0) is 15.8 Å². The topological polar surface area (TPSA) is 111 Å². The summed E-state index contributed by atoms with van der Waals surface area (Å²) in [6, 6.07) is 9.19. The summed E-state index contributed by atoms with van der Waals surface area (Å²) in [6.07, 6.45) is -4.99. The van der Waals surface area contributed by atoms with Crippen molar-refractivity contribution in [2.45, 2.75) is 31.3 Å². The number of carbonyl (C=O) groups is 2. The van der Waals surface area contributed by atoms with Crippen molar-refractivity contribution in [1.29, 1.82) is 0 Å². The van der Waals surface area contributed by atoms with Gasteiger partial charge in [0.2, 0.25) is 6.10 Å². The Kier molecular flexibility index (Phi) is 6.00. The highest BCUT2D eigenvalue weighted by molar-refractivity contribution is 6.33. The Labute approximate surface area is 196 Å². The second kappa shape index (κ2) is 8.65. The molecule has 2 aromatic rings. The fourth-order valence-electron chi connectivity index (χ4n) is 3.40. The highest BCUT2D eigenvalue weighted by atomic mass is 35.5. The van der Waals surface area contributed by atoms with E-state index in [1.54, 1.807) is 31.2 Å². The lowest BCUT2D eigenvalue weighted by molar-refractivity contribution is -0.138. The number of carbonyl (C=O) groups excluding carboxylic acids is 2. The Morgan fingerprint density at radius 1 is 1.35 bits per heavy atom. The maximum Gasteiger partial charge on any atom is 0.417 e. The van der Waals surface area contributed by atoms with Crippen molar-refractivity contribution in [1.82, 2.24) is 21.2 Å². The number of benzene rings is 1. The number of oxime groups is 1. The number of para-hydroxylation sites is 1. The Bertz CT molecular complexity index is 1150. The summed E-state index contributed by atoms with van der Waals surface area (Å²) in [6.45, 7) is 1.67. The summed E-state index contributed by atoms with van der Waals surface area (Å²) in [5, 5.41) is 8.84. The van der Waals surface area contributed by atoms with Crippen LogP contribution in [0.25, 0.3) is 0 Å². The Balaban J connectivity index is 1.39. The largest absolute Gasteiger partial charge is 0.417 e. The van der Waals surface area contributed by atoms with Crippen LogP contribution < -0.4 is 26.2 Å². The van der Waals surface area contributed by atoms with Gasteiger partial charge in [-0.05, 0) is 25.1 Å². The van der Waals surface area contributed by atoms with Crippen LogP contribution in [0.3, 0.4) is 0 Å². The van der Waals surface area contributed by atoms with Crippen molar-refractivity contribution < 1.29 is 27.6 Å². The minimum absolute atomic E-state index is 0.0419. The number of hydrogen-bond donors (Lipinski definition) is 3. The SMILES string of the molecule is CN(NC(=O)[C@@H]1CC([C@]2(C)NC(=O)N(c3ccccc3)N2)=NO1)c1ncc(C(F)(F)F)cc1Cl. The number of urea groups is 1. The van der Waals surface area contributed by atoms with Gasteiger partial charge in [0.05, 0.1) is 16.3 Å². The average Bonchev–Trinajstić information content (AvgIpc) is 3.39. The summed E-state index contributed by atoms with van der Waals surface area (Å²) < 4.78 is 38.4. The lowest BCUT2D eigenvalue weighted by Crippen LogP contribution is -2.55. The van der Waals surface area contributed by atoms with Gasteiger partial charge in [-0.25, -0.2) is 14.8 Å². The van der Waals surface area contributed by atoms with E-state index in [-0.39, 0.29) is 17.3 Å². The summed E-state index contributed by atoms with van der Waals surface area (Å²) >= 11 is 5.92. The molecule has 1 saturated heterocycles. The number of aromatic nitrogens is 1. The highest BCUT2D eigenvalue weighted by Crippen LogP contribution is 2.33. The third kappa shape index (κ3) is 4.56. The van der Waals surface area contributed by atoms with E-state index in [0.29, 0.717) is 23.7 Å². The molecule has 10 nitrogen and oxygen atoms in total. The molecular formula is C20H19ClF3N7O3. The Morgan fingerprint density at radius 3 is 2.71 bits per heavy atom. The zero-order chi connectivity index (χ0) is 24.7. The van der Waals surface area contributed by atoms with E-state index in [1.165, 1.54) is 12.1 Å². The number of pyridine rings is 1. The van der Waals surface area contributed by atoms with Crippen molar-refractivity contribution >= 4 is 40.8 Å². The van der Waals surface area contributed by atoms with Crippen LogP contribution in [-0.4, -0.2) is 41.4 Å². The van der Waals surface area contributed by atoms with Gasteiger partial charge in [0, 0.05) is 19.7 Å². The molecule has 2 aliphatic heterocycles. The van der Waals surface area contributed by atoms with Gasteiger partial charge in [-0.1, -0.05) is 35.0 Å². The first kappa shape index (κ1) is 23.6. The molecule has 2 atom stereocenters. The van der Waals surface area contributed by atoms with Gasteiger partial charge < -0.3 is 10.2 Å². The standard InChI is InChI=1S/C20H19ClF3N7O3/c1-19(26-18(33)31(29-19)12-6-4-3-5-7-12)15-9-14(34-28-15)17(32)27-30(2)16-13(21)8-11(10-25-16)20(22,23)24/h3-8,10,14,29H,9H2,1-2H3,(H,26,33)(H,27,32)/t14-,19+/m0/s1. The van der Waals surface area contributed by atoms with Crippen LogP contribution in [0.4, 0.5) is 29.5 Å². The molecular weight excluding hydrogens is 479 g/mol. The van der Waals surface area contributed by atoms with Gasteiger partial charge in [0.1, 0.15) is 11.4 Å². The predicted molar refractivity (Wildman–Crippen MR) is 117 cm³/mol. The average molecular weight is 498 g/mol. The van der Waals surface area contributed by atoms with E-state index in [9.17, 15) is 22.8 Å². The molecule has 0 saturated carbocycles. The van der Waals surface area contributed by atoms with Crippen molar-refractivity contribution in [3.63, 3.8) is 0 Å². The molecule has 34 heavy (non-hydrogen) atoms. The fraction of sp³-hybridized carbons (Fsp3) is 0.300. The molecule has 2 aliphatic rings. The number of alkyl halides is 3. The maximum absolute atomic E-state index is 12.8. The maximum atomic E-state index is 12.8. The fourth-order valence-corrected chi connectivity index (χ4v) is 3.70. The summed E-state index contributed by atoms with van der Waals surface area (Å²) in [4.78, 5) is 34.1. The van der Waals surface area contributed by atoms with Gasteiger partial charge in [-0.2, -0.15) is 18.6 Å². The van der Waals surface area contributed by atoms with Crippen molar-refractivity contribution in [3.05, 3.63) is 53.2 Å². The molecule has 3 heterocycles. The first-order valence-corrected chi connectivity index (χ1v) is 10.3. The first-order valence-electron chi connectivity index (χ1n) is 9.93. The molecule has 4 rings (SSSR count). The van der Waals surface area contributed by atoms with Crippen LogP contribution in [0, 0.1) is 0 Å². The molecule has 1 fully saturated rings. The van der Waals surface area contributed by atoms with Gasteiger partial charge in [0.25, 0.3) is 5.91 Å². The molecule has 0 spiro atoms. The second-order valence-corrected chi connectivity index (χ2v) is 8.14. The number of hydrogen-bond acceptors (Lipinski definition) is 7. The molecule has 0 unspecified atom stereocenters. The van der Waals surface area contributed by atoms with Crippen molar-refractivity contribution in [3.8, 4) is 0 Å². The second-order valence-electron chi connectivity index (χ2n) is 7.74. The lowest BCUT2D eigenvalue weighted by atomic mass is 10.0. The monoisotopic (exact) mass is 497 g/mol. The number of halogens is 4. The van der Waals surface area contributed by atoms with Crippen LogP contribution in [0.1, 0.15) is 18.9 Å². The molecule has 1 aromatic heterocycles. The van der Waals surface area contributed by atoms with Crippen molar-refractivity contribution in [2.75, 3.05) is 17.1 Å². The van der Waals surface area contributed by atoms with Gasteiger partial charge in [0.15, 0.2) is 5.82 Å². The highest BCUT2D eigenvalue weighted by Gasteiger charge is 2.47. The molecule has 3 amide bonds. The van der Waals surface area contributed by atoms with E-state index < -0.39 is 35.4 Å². The Hall–Kier alpha value is -3.58. The van der Waals surface area contributed by atoms with Crippen LogP contribution in [0.5, 0.6) is 0 Å². The van der Waals surface area contributed by atoms with Gasteiger partial charge >= 0.3 is 12.2 Å². The molecule has 0 aliphatic carbocycles. The van der Waals surface area contributed by atoms with E-state index in [1.807, 2.05) is 6.07 Å². The molecule has 0 bridgehead atoms. The van der Waals surface area contributed by atoms with Crippen LogP contribution in [0.2, 0.25) is 5.02 Å². The number of hydrazine groups is 2. The summed E-state index contributed by atoms with van der Waals surface area (Å²) in [5.41, 5.74) is 4.34. The normalized spacial score (nSPS) is 22.2. The zero-order valence-electron chi connectivity index (χ0n) is 17.9. The van der Waals surface area contributed by atoms with Crippen LogP contribution >= 0.6 is 11.6 Å². The number of anilines is 2. The first-order chi connectivity index (χ1) is 16.0. The number of nitrogens with zero attached hydrogens (tertiary/aromatic N) is 4. The van der Waals surface area contributed by atoms with Crippen LogP contribution in [0.15, 0.2) is 47.8 Å². The van der Waals surface area contributed by atoms with Crippen molar-refractivity contribution in [2.24, 2.45) is 5.16 Å². The predicted octanol–water partition coefficient (Wildman–Crippen LogP) is 2.82. The van der Waals surface area contributed by atoms with Gasteiger partial charge in [-0.15, -0.1) is 0 Å². The number of nitrogens with one attached hydrogen (secondary N) is 3. The quantitative estimate of drug-likeness (QED) is 0.548. The number of rotatable bonds is 5. The molecule has 1 aromatic carbocycles. The molecule has 0 radical (unpaired) electrons. The summed E-state index contributed by atoms with van der Waals surface area (Å²) in [7, 11) is 1.37. The zero-order valence-corrected chi connectivity index (χ0v) is 18.6. The number of amides is 3. The Morgan fingerprint density at radius 2 is 2.06 bits per heavy atom. The van der Waals surface area contributed by atoms with E-state index in [4.69, 9.17) is 16.4 Å². The minimum atomic E-state index is -4.60. The third-order valence-electron chi connectivity index (χ3n) is 5.19. The molecule has 180 valence electrons. The van der Waals surface area contributed by atoms with Gasteiger partial charge in [-0.3, -0.25) is 15.2 Å². The molecule has 3 N–H and O–H groups in total. The van der Waals surface area contributed by atoms with E-state index >= 15 is 0 Å². The minimum Gasteiger partial charge on any atom is -0.382 e. The third-order valence-corrected chi connectivity index (χ3v) is 5.47. The van der Waals surface area contributed by atoms with E-state index in [0.717, 1.165) is 5.01 Å². The molecule has 14 heteroatoms. The lowest BCUT2D eigenvalue weighted by Gasteiger charge is -2.24. The van der Waals surface area contributed by atoms with E-state index in [2.05, 4.69) is 26.3 Å². The smallest absolute Gasteiger partial charge is 0.382 e. The summed E-state index contributed by atoms with van der Waals surface area (Å²) in [5.74, 6) is -0.718.